The number of nitrogens with two attached hydrogens (primary N) is 1. The molecule has 0 aliphatic heterocycles. The van der Waals surface area contributed by atoms with Crippen LogP contribution in [0.15, 0.2) is 18.5 Å². The Kier molecular flexibility index (Phi) is 4.34. The third-order valence-corrected chi connectivity index (χ3v) is 3.52. The van der Waals surface area contributed by atoms with Crippen LogP contribution in [0.2, 0.25) is 0 Å². The highest BCUT2D eigenvalue weighted by Gasteiger charge is 2.23. The lowest BCUT2D eigenvalue weighted by atomic mass is 10.1. The predicted octanol–water partition coefficient (Wildman–Crippen LogP) is 1.28. The van der Waals surface area contributed by atoms with E-state index < -0.39 is 0 Å². The van der Waals surface area contributed by atoms with Gasteiger partial charge in [0.05, 0.1) is 18.5 Å². The third kappa shape index (κ3) is 2.76. The Balaban J connectivity index is 2.24. The molecule has 3 N–H and O–H groups in total. The normalized spacial score (nSPS) is 16.4. The van der Waals surface area contributed by atoms with Crippen LogP contribution in [0.5, 0.6) is 0 Å². The SMILES string of the molecule is NCc1ccncc1N(CCO)C1CCCC1. The number of hydrogen-bond acceptors (Lipinski definition) is 4. The molecule has 1 aromatic heterocycles. The summed E-state index contributed by atoms with van der Waals surface area (Å²) in [5.74, 6) is 0. The maximum Gasteiger partial charge on any atom is 0.0606 e. The van der Waals surface area contributed by atoms with Gasteiger partial charge in [0.25, 0.3) is 0 Å². The summed E-state index contributed by atoms with van der Waals surface area (Å²) in [6.07, 6.45) is 8.63. The second-order valence-electron chi connectivity index (χ2n) is 4.56. The van der Waals surface area contributed by atoms with Crippen LogP contribution in [0, 0.1) is 0 Å². The molecule has 2 rings (SSSR count). The summed E-state index contributed by atoms with van der Waals surface area (Å²) < 4.78 is 0. The first kappa shape index (κ1) is 12.3. The van der Waals surface area contributed by atoms with E-state index in [4.69, 9.17) is 5.73 Å². The van der Waals surface area contributed by atoms with Gasteiger partial charge in [-0.2, -0.15) is 0 Å². The Morgan fingerprint density at radius 1 is 1.41 bits per heavy atom. The van der Waals surface area contributed by atoms with Crippen molar-refractivity contribution in [2.24, 2.45) is 5.73 Å². The molecule has 4 nitrogen and oxygen atoms in total. The van der Waals surface area contributed by atoms with Crippen LogP contribution in [0.3, 0.4) is 0 Å². The van der Waals surface area contributed by atoms with E-state index >= 15 is 0 Å². The fraction of sp³-hybridized carbons (Fsp3) is 0.615. The minimum absolute atomic E-state index is 0.176. The number of anilines is 1. The third-order valence-electron chi connectivity index (χ3n) is 3.52. The highest BCUT2D eigenvalue weighted by atomic mass is 16.3. The van der Waals surface area contributed by atoms with Gasteiger partial charge in [0, 0.05) is 25.3 Å². The van der Waals surface area contributed by atoms with Crippen LogP contribution in [0.1, 0.15) is 31.2 Å². The van der Waals surface area contributed by atoms with Gasteiger partial charge in [-0.05, 0) is 24.5 Å². The highest BCUT2D eigenvalue weighted by molar-refractivity contribution is 5.52. The Bertz CT molecular complexity index is 350. The van der Waals surface area contributed by atoms with Crippen molar-refractivity contribution >= 4 is 5.69 Å². The molecule has 0 saturated heterocycles. The highest BCUT2D eigenvalue weighted by Crippen LogP contribution is 2.29. The lowest BCUT2D eigenvalue weighted by Gasteiger charge is -2.31. The Morgan fingerprint density at radius 2 is 2.18 bits per heavy atom. The van der Waals surface area contributed by atoms with Gasteiger partial charge < -0.3 is 15.7 Å². The van der Waals surface area contributed by atoms with E-state index in [0.717, 1.165) is 11.3 Å². The zero-order valence-electron chi connectivity index (χ0n) is 10.2. The van der Waals surface area contributed by atoms with Gasteiger partial charge in [-0.1, -0.05) is 12.8 Å². The fourth-order valence-electron chi connectivity index (χ4n) is 2.67. The van der Waals surface area contributed by atoms with Crippen LogP contribution < -0.4 is 10.6 Å². The van der Waals surface area contributed by atoms with Gasteiger partial charge in [0.2, 0.25) is 0 Å². The number of rotatable bonds is 5. The molecule has 1 saturated carbocycles. The van der Waals surface area contributed by atoms with E-state index in [2.05, 4.69) is 9.88 Å². The molecule has 0 bridgehead atoms. The molecule has 4 heteroatoms. The lowest BCUT2D eigenvalue weighted by molar-refractivity contribution is 0.297. The summed E-state index contributed by atoms with van der Waals surface area (Å²) in [7, 11) is 0. The van der Waals surface area contributed by atoms with Crippen LogP contribution in [-0.4, -0.2) is 29.3 Å². The quantitative estimate of drug-likeness (QED) is 0.807. The number of aromatic nitrogens is 1. The van der Waals surface area contributed by atoms with Gasteiger partial charge in [-0.3, -0.25) is 4.98 Å². The zero-order valence-corrected chi connectivity index (χ0v) is 10.2. The van der Waals surface area contributed by atoms with Crippen molar-refractivity contribution in [2.75, 3.05) is 18.1 Å². The second-order valence-corrected chi connectivity index (χ2v) is 4.56. The van der Waals surface area contributed by atoms with Gasteiger partial charge in [0.1, 0.15) is 0 Å². The maximum absolute atomic E-state index is 9.23. The van der Waals surface area contributed by atoms with Gasteiger partial charge in [-0.15, -0.1) is 0 Å². The van der Waals surface area contributed by atoms with Gasteiger partial charge in [-0.25, -0.2) is 0 Å². The molecule has 0 amide bonds. The summed E-state index contributed by atoms with van der Waals surface area (Å²) in [5, 5.41) is 9.23. The average Bonchev–Trinajstić information content (AvgIpc) is 2.89. The first-order chi connectivity index (χ1) is 8.36. The first-order valence-electron chi connectivity index (χ1n) is 6.37. The molecule has 94 valence electrons. The summed E-state index contributed by atoms with van der Waals surface area (Å²) in [5.41, 5.74) is 7.97. The van der Waals surface area contributed by atoms with E-state index in [1.165, 1.54) is 25.7 Å². The molecule has 1 aliphatic carbocycles. The monoisotopic (exact) mass is 235 g/mol. The molecule has 0 unspecified atom stereocenters. The number of aliphatic hydroxyl groups is 1. The van der Waals surface area contributed by atoms with Crippen molar-refractivity contribution in [1.29, 1.82) is 0 Å². The number of hydrogen-bond donors (Lipinski definition) is 2. The molecular formula is C13H21N3O. The minimum atomic E-state index is 0.176. The van der Waals surface area contributed by atoms with E-state index in [1.807, 2.05) is 12.3 Å². The summed E-state index contributed by atoms with van der Waals surface area (Å²) in [6.45, 7) is 1.37. The molecule has 0 aromatic carbocycles. The van der Waals surface area contributed by atoms with Crippen molar-refractivity contribution in [3.05, 3.63) is 24.0 Å². The topological polar surface area (TPSA) is 62.4 Å². The van der Waals surface area contributed by atoms with Crippen LogP contribution in [0.4, 0.5) is 5.69 Å². The van der Waals surface area contributed by atoms with Crippen molar-refractivity contribution in [2.45, 2.75) is 38.3 Å². The molecule has 17 heavy (non-hydrogen) atoms. The molecule has 1 aliphatic rings. The van der Waals surface area contributed by atoms with E-state index in [0.29, 0.717) is 19.1 Å². The molecular weight excluding hydrogens is 214 g/mol. The van der Waals surface area contributed by atoms with Crippen molar-refractivity contribution in [1.82, 2.24) is 4.98 Å². The summed E-state index contributed by atoms with van der Waals surface area (Å²) in [6, 6.07) is 2.51. The maximum atomic E-state index is 9.23. The predicted molar refractivity (Wildman–Crippen MR) is 68.8 cm³/mol. The van der Waals surface area contributed by atoms with Crippen LogP contribution >= 0.6 is 0 Å². The lowest BCUT2D eigenvalue weighted by Crippen LogP contribution is -2.36. The molecule has 0 radical (unpaired) electrons. The molecule has 1 heterocycles. The second kappa shape index (κ2) is 5.98. The first-order valence-corrected chi connectivity index (χ1v) is 6.37. The van der Waals surface area contributed by atoms with E-state index in [9.17, 15) is 5.11 Å². The van der Waals surface area contributed by atoms with Crippen LogP contribution in [0.25, 0.3) is 0 Å². The smallest absolute Gasteiger partial charge is 0.0606 e. The zero-order chi connectivity index (χ0) is 12.1. The van der Waals surface area contributed by atoms with Crippen molar-refractivity contribution in [3.63, 3.8) is 0 Å². The molecule has 1 fully saturated rings. The summed E-state index contributed by atoms with van der Waals surface area (Å²) >= 11 is 0. The van der Waals surface area contributed by atoms with Crippen molar-refractivity contribution < 1.29 is 5.11 Å². The Morgan fingerprint density at radius 3 is 2.82 bits per heavy atom. The van der Waals surface area contributed by atoms with Gasteiger partial charge in [0.15, 0.2) is 0 Å². The Labute approximate surface area is 102 Å². The number of nitrogens with zero attached hydrogens (tertiary/aromatic N) is 2. The largest absolute Gasteiger partial charge is 0.395 e. The minimum Gasteiger partial charge on any atom is -0.395 e. The standard InChI is InChI=1S/C13H21N3O/c14-9-11-5-6-15-10-13(11)16(7-8-17)12-3-1-2-4-12/h5-6,10,12,17H,1-4,7-9,14H2. The fourth-order valence-corrected chi connectivity index (χ4v) is 2.67. The van der Waals surface area contributed by atoms with Crippen LogP contribution in [-0.2, 0) is 6.54 Å². The van der Waals surface area contributed by atoms with Gasteiger partial charge >= 0.3 is 0 Å². The summed E-state index contributed by atoms with van der Waals surface area (Å²) in [4.78, 5) is 6.47. The average molecular weight is 235 g/mol. The van der Waals surface area contributed by atoms with E-state index in [1.54, 1.807) is 6.20 Å². The van der Waals surface area contributed by atoms with Crippen molar-refractivity contribution in [3.8, 4) is 0 Å². The molecule has 1 aromatic rings. The number of aliphatic hydroxyl groups excluding tert-OH is 1. The molecule has 0 atom stereocenters. The Hall–Kier alpha value is -1.13. The van der Waals surface area contributed by atoms with E-state index in [-0.39, 0.29) is 6.61 Å². The number of pyridine rings is 1. The molecule has 0 spiro atoms.